The molecule has 0 aromatic carbocycles. The van der Waals surface area contributed by atoms with Gasteiger partial charge in [0.25, 0.3) is 0 Å². The van der Waals surface area contributed by atoms with Crippen LogP contribution >= 0.6 is 35.3 Å². The summed E-state index contributed by atoms with van der Waals surface area (Å²) in [5.74, 6) is 1.43. The lowest BCUT2D eigenvalue weighted by Gasteiger charge is -2.10. The summed E-state index contributed by atoms with van der Waals surface area (Å²) >= 11 is 1.73. The minimum atomic E-state index is 0. The number of aliphatic imine (C=N–C) groups is 1. The van der Waals surface area contributed by atoms with Crippen molar-refractivity contribution in [1.82, 2.24) is 10.3 Å². The van der Waals surface area contributed by atoms with Gasteiger partial charge in [0.15, 0.2) is 5.96 Å². The van der Waals surface area contributed by atoms with Gasteiger partial charge in [0, 0.05) is 30.1 Å². The Hall–Kier alpha value is -0.370. The van der Waals surface area contributed by atoms with Crippen molar-refractivity contribution in [2.24, 2.45) is 16.6 Å². The van der Waals surface area contributed by atoms with Crippen LogP contribution in [0.5, 0.6) is 0 Å². The molecule has 0 saturated carbocycles. The molecule has 0 bridgehead atoms. The van der Waals surface area contributed by atoms with E-state index in [1.54, 1.807) is 11.3 Å². The number of halogens is 1. The third-order valence-electron chi connectivity index (χ3n) is 2.28. The van der Waals surface area contributed by atoms with Gasteiger partial charge < -0.3 is 11.1 Å². The van der Waals surface area contributed by atoms with E-state index in [1.165, 1.54) is 4.88 Å². The Morgan fingerprint density at radius 1 is 1.50 bits per heavy atom. The standard InChI is InChI=1S/C12H22N4S.HI/c1-8(2)5-15-12(13)16-6-9(3)11-14-7-10(4)17-11;/h7-9H,5-6H2,1-4H3,(H3,13,15,16);1H. The van der Waals surface area contributed by atoms with Crippen LogP contribution in [0.15, 0.2) is 11.2 Å². The van der Waals surface area contributed by atoms with E-state index < -0.39 is 0 Å². The predicted molar refractivity (Wildman–Crippen MR) is 90.0 cm³/mol. The summed E-state index contributed by atoms with van der Waals surface area (Å²) in [6, 6.07) is 0. The van der Waals surface area contributed by atoms with Crippen molar-refractivity contribution >= 4 is 41.3 Å². The van der Waals surface area contributed by atoms with E-state index in [0.717, 1.165) is 18.1 Å². The fraction of sp³-hybridized carbons (Fsp3) is 0.667. The number of hydrogen-bond donors (Lipinski definition) is 2. The first-order chi connectivity index (χ1) is 7.99. The number of guanidine groups is 1. The van der Waals surface area contributed by atoms with Crippen molar-refractivity contribution in [3.63, 3.8) is 0 Å². The van der Waals surface area contributed by atoms with Crippen LogP contribution in [0.1, 0.15) is 36.6 Å². The molecule has 0 spiro atoms. The summed E-state index contributed by atoms with van der Waals surface area (Å²) in [5, 5.41) is 4.28. The second-order valence-corrected chi connectivity index (χ2v) is 5.98. The summed E-state index contributed by atoms with van der Waals surface area (Å²) in [7, 11) is 0. The first kappa shape index (κ1) is 17.6. The van der Waals surface area contributed by atoms with Crippen LogP contribution in [0, 0.1) is 12.8 Å². The SMILES string of the molecule is Cc1cnc(C(C)CNC(N)=NCC(C)C)s1.I. The van der Waals surface area contributed by atoms with E-state index >= 15 is 0 Å². The zero-order valence-electron chi connectivity index (χ0n) is 11.4. The van der Waals surface area contributed by atoms with Gasteiger partial charge >= 0.3 is 0 Å². The van der Waals surface area contributed by atoms with Crippen molar-refractivity contribution < 1.29 is 0 Å². The molecular formula is C12H23IN4S. The van der Waals surface area contributed by atoms with Gasteiger partial charge in [-0.25, -0.2) is 4.98 Å². The average Bonchev–Trinajstić information content (AvgIpc) is 2.70. The van der Waals surface area contributed by atoms with Gasteiger partial charge in [-0.1, -0.05) is 20.8 Å². The normalized spacial score (nSPS) is 13.3. The molecule has 1 atom stereocenters. The Balaban J connectivity index is 0.00000289. The Kier molecular flexibility index (Phi) is 8.51. The molecule has 1 rings (SSSR count). The van der Waals surface area contributed by atoms with Gasteiger partial charge in [0.1, 0.15) is 0 Å². The maximum absolute atomic E-state index is 5.78. The van der Waals surface area contributed by atoms with Gasteiger partial charge in [0.05, 0.1) is 5.01 Å². The van der Waals surface area contributed by atoms with Crippen LogP contribution in [0.2, 0.25) is 0 Å². The smallest absolute Gasteiger partial charge is 0.188 e. The van der Waals surface area contributed by atoms with Crippen molar-refractivity contribution in [2.45, 2.75) is 33.6 Å². The molecule has 0 aliphatic rings. The molecular weight excluding hydrogens is 359 g/mol. The number of nitrogens with one attached hydrogen (secondary N) is 1. The molecule has 1 aromatic rings. The summed E-state index contributed by atoms with van der Waals surface area (Å²) < 4.78 is 0. The molecule has 0 aliphatic carbocycles. The fourth-order valence-corrected chi connectivity index (χ4v) is 2.11. The quantitative estimate of drug-likeness (QED) is 0.468. The molecule has 18 heavy (non-hydrogen) atoms. The first-order valence-corrected chi connectivity index (χ1v) is 6.76. The fourth-order valence-electron chi connectivity index (χ4n) is 1.28. The van der Waals surface area contributed by atoms with Crippen LogP contribution < -0.4 is 11.1 Å². The van der Waals surface area contributed by atoms with Crippen LogP contribution in [0.3, 0.4) is 0 Å². The average molecular weight is 382 g/mol. The molecule has 0 radical (unpaired) electrons. The second-order valence-electron chi connectivity index (χ2n) is 4.71. The summed E-state index contributed by atoms with van der Waals surface area (Å²) in [6.07, 6.45) is 1.91. The Morgan fingerprint density at radius 2 is 2.17 bits per heavy atom. The monoisotopic (exact) mass is 382 g/mol. The molecule has 1 unspecified atom stereocenters. The van der Waals surface area contributed by atoms with Crippen molar-refractivity contribution in [2.75, 3.05) is 13.1 Å². The zero-order chi connectivity index (χ0) is 12.8. The van der Waals surface area contributed by atoms with Crippen LogP contribution in [-0.4, -0.2) is 24.0 Å². The third-order valence-corrected chi connectivity index (χ3v) is 3.42. The highest BCUT2D eigenvalue weighted by Gasteiger charge is 2.09. The van der Waals surface area contributed by atoms with Gasteiger partial charge in [-0.2, -0.15) is 0 Å². The maximum Gasteiger partial charge on any atom is 0.188 e. The number of aromatic nitrogens is 1. The number of nitrogens with zero attached hydrogens (tertiary/aromatic N) is 2. The largest absolute Gasteiger partial charge is 0.370 e. The molecule has 0 fully saturated rings. The topological polar surface area (TPSA) is 63.3 Å². The van der Waals surface area contributed by atoms with Crippen LogP contribution in [0.4, 0.5) is 0 Å². The Bertz CT molecular complexity index is 376. The maximum atomic E-state index is 5.78. The lowest BCUT2D eigenvalue weighted by Crippen LogP contribution is -2.34. The summed E-state index contributed by atoms with van der Waals surface area (Å²) in [4.78, 5) is 9.87. The van der Waals surface area contributed by atoms with Crippen LogP contribution in [0.25, 0.3) is 0 Å². The molecule has 104 valence electrons. The predicted octanol–water partition coefficient (Wildman–Crippen LogP) is 2.73. The molecule has 0 amide bonds. The van der Waals surface area contributed by atoms with Crippen molar-refractivity contribution in [3.05, 3.63) is 16.1 Å². The van der Waals surface area contributed by atoms with Gasteiger partial charge in [-0.3, -0.25) is 4.99 Å². The molecule has 4 nitrogen and oxygen atoms in total. The first-order valence-electron chi connectivity index (χ1n) is 5.95. The van der Waals surface area contributed by atoms with E-state index in [9.17, 15) is 0 Å². The lowest BCUT2D eigenvalue weighted by atomic mass is 10.2. The molecule has 1 aromatic heterocycles. The molecule has 0 saturated heterocycles. The molecule has 1 heterocycles. The zero-order valence-corrected chi connectivity index (χ0v) is 14.6. The third kappa shape index (κ3) is 6.53. The van der Waals surface area contributed by atoms with E-state index in [0.29, 0.717) is 17.8 Å². The number of hydrogen-bond acceptors (Lipinski definition) is 3. The molecule has 0 aliphatic heterocycles. The van der Waals surface area contributed by atoms with Gasteiger partial charge in [0.2, 0.25) is 0 Å². The number of aryl methyl sites for hydroxylation is 1. The van der Waals surface area contributed by atoms with Gasteiger partial charge in [-0.15, -0.1) is 35.3 Å². The molecule has 3 N–H and O–H groups in total. The van der Waals surface area contributed by atoms with Crippen molar-refractivity contribution in [1.29, 1.82) is 0 Å². The highest BCUT2D eigenvalue weighted by atomic mass is 127. The molecule has 6 heteroatoms. The van der Waals surface area contributed by atoms with Crippen molar-refractivity contribution in [3.8, 4) is 0 Å². The number of rotatable bonds is 5. The minimum Gasteiger partial charge on any atom is -0.370 e. The minimum absolute atomic E-state index is 0. The number of nitrogens with two attached hydrogens (primary N) is 1. The van der Waals surface area contributed by atoms with E-state index in [1.807, 2.05) is 6.20 Å². The highest BCUT2D eigenvalue weighted by molar-refractivity contribution is 14.0. The Labute approximate surface area is 131 Å². The highest BCUT2D eigenvalue weighted by Crippen LogP contribution is 2.20. The van der Waals surface area contributed by atoms with E-state index in [-0.39, 0.29) is 24.0 Å². The summed E-state index contributed by atoms with van der Waals surface area (Å²) in [5.41, 5.74) is 5.78. The number of thiazole rings is 1. The summed E-state index contributed by atoms with van der Waals surface area (Å²) in [6.45, 7) is 10.0. The van der Waals surface area contributed by atoms with E-state index in [4.69, 9.17) is 5.73 Å². The van der Waals surface area contributed by atoms with Gasteiger partial charge in [-0.05, 0) is 12.8 Å². The Morgan fingerprint density at radius 3 is 2.67 bits per heavy atom. The van der Waals surface area contributed by atoms with E-state index in [2.05, 4.69) is 43.0 Å². The lowest BCUT2D eigenvalue weighted by molar-refractivity contribution is 0.656. The van der Waals surface area contributed by atoms with Crippen LogP contribution in [-0.2, 0) is 0 Å². The second kappa shape index (κ2) is 8.68.